The van der Waals surface area contributed by atoms with E-state index in [1.54, 1.807) is 0 Å². The van der Waals surface area contributed by atoms with E-state index in [9.17, 15) is 0 Å². The van der Waals surface area contributed by atoms with E-state index in [2.05, 4.69) is 44.4 Å². The number of hydrogen-bond acceptors (Lipinski definition) is 3. The first-order chi connectivity index (χ1) is 9.43. The molecule has 20 heavy (non-hydrogen) atoms. The number of hydrogen-bond donors (Lipinski definition) is 1. The Hall–Kier alpha value is -0.120. The standard InChI is InChI=1S/C17H37N3/c1-6-9-19-10-7-17(14-18,8-11-19)20(12-15(2)3)13-16(4)5/h15-16H,6-14,18H2,1-5H3. The topological polar surface area (TPSA) is 32.5 Å². The summed E-state index contributed by atoms with van der Waals surface area (Å²) in [6, 6.07) is 0. The first-order valence-corrected chi connectivity index (χ1v) is 8.61. The van der Waals surface area contributed by atoms with Crippen molar-refractivity contribution in [3.8, 4) is 0 Å². The van der Waals surface area contributed by atoms with Gasteiger partial charge >= 0.3 is 0 Å². The lowest BCUT2D eigenvalue weighted by Crippen LogP contribution is -2.60. The highest BCUT2D eigenvalue weighted by atomic mass is 15.2. The molecule has 1 rings (SSSR count). The Morgan fingerprint density at radius 2 is 1.55 bits per heavy atom. The van der Waals surface area contributed by atoms with Crippen molar-refractivity contribution in [2.45, 2.75) is 59.4 Å². The zero-order valence-corrected chi connectivity index (χ0v) is 14.5. The zero-order valence-electron chi connectivity index (χ0n) is 14.5. The molecule has 1 saturated heterocycles. The second-order valence-electron chi connectivity index (χ2n) is 7.46. The van der Waals surface area contributed by atoms with Gasteiger partial charge in [0.05, 0.1) is 0 Å². The average molecular weight is 284 g/mol. The average Bonchev–Trinajstić information content (AvgIpc) is 2.38. The van der Waals surface area contributed by atoms with Gasteiger partial charge in [-0.25, -0.2) is 0 Å². The van der Waals surface area contributed by atoms with E-state index in [1.165, 1.54) is 52.0 Å². The number of likely N-dealkylation sites (tertiary alicyclic amines) is 1. The minimum atomic E-state index is 0.249. The molecule has 0 aromatic carbocycles. The smallest absolute Gasteiger partial charge is 0.0356 e. The molecule has 0 aliphatic carbocycles. The molecule has 3 heteroatoms. The van der Waals surface area contributed by atoms with Crippen molar-refractivity contribution < 1.29 is 0 Å². The van der Waals surface area contributed by atoms with Crippen molar-refractivity contribution in [1.29, 1.82) is 0 Å². The predicted octanol–water partition coefficient (Wildman–Crippen LogP) is 2.80. The van der Waals surface area contributed by atoms with Crippen LogP contribution in [0, 0.1) is 11.8 Å². The van der Waals surface area contributed by atoms with Crippen LogP contribution >= 0.6 is 0 Å². The van der Waals surface area contributed by atoms with Crippen LogP contribution in [-0.2, 0) is 0 Å². The second-order valence-corrected chi connectivity index (χ2v) is 7.46. The minimum Gasteiger partial charge on any atom is -0.329 e. The molecule has 0 radical (unpaired) electrons. The van der Waals surface area contributed by atoms with E-state index >= 15 is 0 Å². The summed E-state index contributed by atoms with van der Waals surface area (Å²) in [5.74, 6) is 1.43. The van der Waals surface area contributed by atoms with E-state index in [4.69, 9.17) is 5.73 Å². The van der Waals surface area contributed by atoms with Gasteiger partial charge in [-0.3, -0.25) is 4.90 Å². The maximum atomic E-state index is 6.25. The van der Waals surface area contributed by atoms with Crippen LogP contribution in [0.15, 0.2) is 0 Å². The highest BCUT2D eigenvalue weighted by molar-refractivity contribution is 4.96. The summed E-state index contributed by atoms with van der Waals surface area (Å²) >= 11 is 0. The van der Waals surface area contributed by atoms with Crippen molar-refractivity contribution in [3.63, 3.8) is 0 Å². The van der Waals surface area contributed by atoms with Crippen LogP contribution in [0.2, 0.25) is 0 Å². The van der Waals surface area contributed by atoms with Crippen LogP contribution in [0.3, 0.4) is 0 Å². The SMILES string of the molecule is CCCN1CCC(CN)(N(CC(C)C)CC(C)C)CC1. The van der Waals surface area contributed by atoms with Gasteiger partial charge < -0.3 is 10.6 Å². The molecule has 0 saturated carbocycles. The number of nitrogens with two attached hydrogens (primary N) is 1. The molecule has 1 heterocycles. The summed E-state index contributed by atoms with van der Waals surface area (Å²) < 4.78 is 0. The predicted molar refractivity (Wildman–Crippen MR) is 89.0 cm³/mol. The summed E-state index contributed by atoms with van der Waals surface area (Å²) in [5, 5.41) is 0. The van der Waals surface area contributed by atoms with Gasteiger partial charge in [0.25, 0.3) is 0 Å². The molecule has 0 aromatic rings. The normalized spacial score (nSPS) is 20.2. The summed E-state index contributed by atoms with van der Waals surface area (Å²) in [4.78, 5) is 5.32. The Morgan fingerprint density at radius 1 is 1.05 bits per heavy atom. The third-order valence-electron chi connectivity index (χ3n) is 4.55. The zero-order chi connectivity index (χ0) is 15.2. The summed E-state index contributed by atoms with van der Waals surface area (Å²) in [6.07, 6.45) is 3.74. The summed E-state index contributed by atoms with van der Waals surface area (Å²) in [7, 11) is 0. The Labute approximate surface area is 126 Å². The van der Waals surface area contributed by atoms with E-state index in [1.807, 2.05) is 0 Å². The fraction of sp³-hybridized carbons (Fsp3) is 1.00. The molecule has 120 valence electrons. The molecule has 1 aliphatic heterocycles. The lowest BCUT2D eigenvalue weighted by molar-refractivity contribution is 0.0115. The van der Waals surface area contributed by atoms with Crippen molar-refractivity contribution in [2.75, 3.05) is 39.3 Å². The van der Waals surface area contributed by atoms with Gasteiger partial charge in [0, 0.05) is 25.2 Å². The van der Waals surface area contributed by atoms with Gasteiger partial charge in [0.1, 0.15) is 0 Å². The largest absolute Gasteiger partial charge is 0.329 e. The first-order valence-electron chi connectivity index (χ1n) is 8.61. The van der Waals surface area contributed by atoms with E-state index in [-0.39, 0.29) is 5.54 Å². The van der Waals surface area contributed by atoms with Crippen molar-refractivity contribution in [3.05, 3.63) is 0 Å². The Morgan fingerprint density at radius 3 is 1.90 bits per heavy atom. The van der Waals surface area contributed by atoms with Crippen LogP contribution in [0.5, 0.6) is 0 Å². The fourth-order valence-electron chi connectivity index (χ4n) is 3.50. The van der Waals surface area contributed by atoms with E-state index in [0.29, 0.717) is 11.8 Å². The molecule has 0 amide bonds. The molecule has 1 fully saturated rings. The molecule has 3 nitrogen and oxygen atoms in total. The van der Waals surface area contributed by atoms with E-state index < -0.39 is 0 Å². The van der Waals surface area contributed by atoms with E-state index in [0.717, 1.165) is 6.54 Å². The number of piperidine rings is 1. The van der Waals surface area contributed by atoms with Gasteiger partial charge in [-0.2, -0.15) is 0 Å². The van der Waals surface area contributed by atoms with Crippen LogP contribution in [-0.4, -0.2) is 54.6 Å². The van der Waals surface area contributed by atoms with Crippen LogP contribution in [0.25, 0.3) is 0 Å². The van der Waals surface area contributed by atoms with Gasteiger partial charge in [0.2, 0.25) is 0 Å². The summed E-state index contributed by atoms with van der Waals surface area (Å²) in [6.45, 7) is 18.4. The molecular weight excluding hydrogens is 246 g/mol. The second kappa shape index (κ2) is 8.35. The van der Waals surface area contributed by atoms with Gasteiger partial charge in [-0.05, 0) is 50.7 Å². The van der Waals surface area contributed by atoms with Crippen LogP contribution in [0.4, 0.5) is 0 Å². The lowest BCUT2D eigenvalue weighted by Gasteiger charge is -2.49. The number of rotatable bonds is 8. The molecule has 0 aromatic heterocycles. The van der Waals surface area contributed by atoms with Gasteiger partial charge in [0.15, 0.2) is 0 Å². The lowest BCUT2D eigenvalue weighted by atomic mass is 9.84. The first kappa shape index (κ1) is 17.9. The highest BCUT2D eigenvalue weighted by Gasteiger charge is 2.38. The minimum absolute atomic E-state index is 0.249. The van der Waals surface area contributed by atoms with Gasteiger partial charge in [-0.15, -0.1) is 0 Å². The molecule has 0 bridgehead atoms. The molecule has 1 aliphatic rings. The highest BCUT2D eigenvalue weighted by Crippen LogP contribution is 2.30. The van der Waals surface area contributed by atoms with Gasteiger partial charge in [-0.1, -0.05) is 34.6 Å². The molecule has 2 N–H and O–H groups in total. The molecule has 0 unspecified atom stereocenters. The quantitative estimate of drug-likeness (QED) is 0.743. The molecule has 0 spiro atoms. The third-order valence-corrected chi connectivity index (χ3v) is 4.55. The Bertz CT molecular complexity index is 245. The number of nitrogens with zero attached hydrogens (tertiary/aromatic N) is 2. The van der Waals surface area contributed by atoms with Crippen molar-refractivity contribution in [2.24, 2.45) is 17.6 Å². The summed E-state index contributed by atoms with van der Waals surface area (Å²) in [5.41, 5.74) is 6.50. The molecule has 0 atom stereocenters. The van der Waals surface area contributed by atoms with Crippen LogP contribution < -0.4 is 5.73 Å². The monoisotopic (exact) mass is 283 g/mol. The third kappa shape index (κ3) is 5.01. The van der Waals surface area contributed by atoms with Crippen molar-refractivity contribution in [1.82, 2.24) is 9.80 Å². The maximum absolute atomic E-state index is 6.25. The molecular formula is C17H37N3. The fourth-order valence-corrected chi connectivity index (χ4v) is 3.50. The maximum Gasteiger partial charge on any atom is 0.0356 e. The van der Waals surface area contributed by atoms with Crippen LogP contribution in [0.1, 0.15) is 53.9 Å². The Balaban J connectivity index is 2.73. The Kier molecular flexibility index (Phi) is 7.49. The van der Waals surface area contributed by atoms with Crippen molar-refractivity contribution >= 4 is 0 Å².